The molecule has 19 heavy (non-hydrogen) atoms. The van der Waals surface area contributed by atoms with Crippen LogP contribution in [0.25, 0.3) is 0 Å². The van der Waals surface area contributed by atoms with Crippen LogP contribution in [0.15, 0.2) is 30.3 Å². The fraction of sp³-hybridized carbons (Fsp3) is 0.231. The number of nitrogens with zero attached hydrogens (tertiary/aromatic N) is 2. The summed E-state index contributed by atoms with van der Waals surface area (Å²) in [5.74, 6) is 0.575. The Morgan fingerprint density at radius 3 is 2.79 bits per heavy atom. The van der Waals surface area contributed by atoms with Gasteiger partial charge in [0.05, 0.1) is 0 Å². The Morgan fingerprint density at radius 2 is 2.21 bits per heavy atom. The standard InChI is InChI=1S/C13H16N4O2/c1-3-17-12(14-2)8-11(16-17)13(19)15-9-5-4-6-10(18)7-9/h4-8,14,18H,3H2,1-2H3,(H,15,19). The minimum Gasteiger partial charge on any atom is -0.508 e. The number of benzene rings is 1. The topological polar surface area (TPSA) is 79.2 Å². The van der Waals surface area contributed by atoms with E-state index in [-0.39, 0.29) is 11.7 Å². The molecule has 0 saturated heterocycles. The molecule has 0 spiro atoms. The zero-order valence-corrected chi connectivity index (χ0v) is 10.8. The van der Waals surface area contributed by atoms with Crippen LogP contribution in [0.5, 0.6) is 5.75 Å². The number of amides is 1. The largest absolute Gasteiger partial charge is 0.508 e. The Morgan fingerprint density at radius 1 is 1.42 bits per heavy atom. The van der Waals surface area contributed by atoms with E-state index >= 15 is 0 Å². The highest BCUT2D eigenvalue weighted by molar-refractivity contribution is 6.03. The summed E-state index contributed by atoms with van der Waals surface area (Å²) in [6.07, 6.45) is 0. The second-order valence-corrected chi connectivity index (χ2v) is 3.99. The van der Waals surface area contributed by atoms with Crippen molar-refractivity contribution in [3.05, 3.63) is 36.0 Å². The molecular weight excluding hydrogens is 244 g/mol. The highest BCUT2D eigenvalue weighted by Gasteiger charge is 2.13. The van der Waals surface area contributed by atoms with E-state index in [1.165, 1.54) is 6.07 Å². The molecule has 0 saturated carbocycles. The molecule has 3 N–H and O–H groups in total. The number of carbonyl (C=O) groups excluding carboxylic acids is 1. The van der Waals surface area contributed by atoms with Gasteiger partial charge >= 0.3 is 0 Å². The molecule has 1 aromatic carbocycles. The van der Waals surface area contributed by atoms with Crippen LogP contribution in [0, 0.1) is 0 Å². The number of nitrogens with one attached hydrogen (secondary N) is 2. The molecule has 6 heteroatoms. The molecule has 0 atom stereocenters. The zero-order chi connectivity index (χ0) is 13.8. The first-order valence-corrected chi connectivity index (χ1v) is 6.00. The first kappa shape index (κ1) is 12.9. The van der Waals surface area contributed by atoms with E-state index in [0.29, 0.717) is 17.9 Å². The number of anilines is 2. The zero-order valence-electron chi connectivity index (χ0n) is 10.8. The predicted octanol–water partition coefficient (Wildman–Crippen LogP) is 1.90. The lowest BCUT2D eigenvalue weighted by atomic mass is 10.3. The van der Waals surface area contributed by atoms with Crippen LogP contribution in [-0.4, -0.2) is 27.8 Å². The summed E-state index contributed by atoms with van der Waals surface area (Å²) in [5, 5.41) is 19.2. The fourth-order valence-corrected chi connectivity index (χ4v) is 1.75. The van der Waals surface area contributed by atoms with Crippen LogP contribution in [-0.2, 0) is 6.54 Å². The van der Waals surface area contributed by atoms with E-state index in [1.54, 1.807) is 36.0 Å². The van der Waals surface area contributed by atoms with Crippen LogP contribution in [0.1, 0.15) is 17.4 Å². The fourth-order valence-electron chi connectivity index (χ4n) is 1.75. The molecule has 6 nitrogen and oxygen atoms in total. The van der Waals surface area contributed by atoms with E-state index < -0.39 is 0 Å². The van der Waals surface area contributed by atoms with Crippen molar-refractivity contribution < 1.29 is 9.90 Å². The summed E-state index contributed by atoms with van der Waals surface area (Å²) < 4.78 is 1.71. The van der Waals surface area contributed by atoms with E-state index in [9.17, 15) is 9.90 Å². The third-order valence-electron chi connectivity index (χ3n) is 2.67. The Labute approximate surface area is 111 Å². The summed E-state index contributed by atoms with van der Waals surface area (Å²) in [6, 6.07) is 8.07. The SMILES string of the molecule is CCn1nc(C(=O)Nc2cccc(O)c2)cc1NC. The number of aromatic nitrogens is 2. The van der Waals surface area contributed by atoms with E-state index in [1.807, 2.05) is 6.92 Å². The summed E-state index contributed by atoms with van der Waals surface area (Å²) in [4.78, 5) is 12.0. The van der Waals surface area contributed by atoms with Gasteiger partial charge in [-0.2, -0.15) is 5.10 Å². The number of aryl methyl sites for hydroxylation is 1. The maximum atomic E-state index is 12.0. The molecule has 1 aromatic heterocycles. The van der Waals surface area contributed by atoms with Gasteiger partial charge in [0, 0.05) is 31.4 Å². The number of phenolic OH excluding ortho intramolecular Hbond substituents is 1. The first-order valence-electron chi connectivity index (χ1n) is 6.00. The number of aromatic hydroxyl groups is 1. The van der Waals surface area contributed by atoms with Crippen molar-refractivity contribution in [3.63, 3.8) is 0 Å². The molecule has 1 heterocycles. The van der Waals surface area contributed by atoms with Crippen LogP contribution < -0.4 is 10.6 Å². The Balaban J connectivity index is 2.18. The number of rotatable bonds is 4. The van der Waals surface area contributed by atoms with Gasteiger partial charge in [-0.25, -0.2) is 4.68 Å². The summed E-state index contributed by atoms with van der Waals surface area (Å²) in [5.41, 5.74) is 0.858. The highest BCUT2D eigenvalue weighted by Crippen LogP contribution is 2.17. The van der Waals surface area contributed by atoms with Gasteiger partial charge in [-0.3, -0.25) is 4.79 Å². The van der Waals surface area contributed by atoms with E-state index in [2.05, 4.69) is 15.7 Å². The van der Waals surface area contributed by atoms with Crippen molar-refractivity contribution in [3.8, 4) is 5.75 Å². The van der Waals surface area contributed by atoms with Crippen LogP contribution in [0.2, 0.25) is 0 Å². The minimum atomic E-state index is -0.311. The minimum absolute atomic E-state index is 0.104. The second-order valence-electron chi connectivity index (χ2n) is 3.99. The molecule has 100 valence electrons. The van der Waals surface area contributed by atoms with Crippen molar-refractivity contribution in [2.24, 2.45) is 0 Å². The first-order chi connectivity index (χ1) is 9.13. The molecule has 0 bridgehead atoms. The monoisotopic (exact) mass is 260 g/mol. The van der Waals surface area contributed by atoms with E-state index in [4.69, 9.17) is 0 Å². The molecular formula is C13H16N4O2. The highest BCUT2D eigenvalue weighted by atomic mass is 16.3. The Kier molecular flexibility index (Phi) is 3.70. The van der Waals surface area contributed by atoms with Crippen molar-refractivity contribution >= 4 is 17.4 Å². The molecule has 0 aliphatic rings. The molecule has 2 aromatic rings. The molecule has 0 aliphatic carbocycles. The molecule has 1 amide bonds. The lowest BCUT2D eigenvalue weighted by molar-refractivity contribution is 0.102. The van der Waals surface area contributed by atoms with Gasteiger partial charge in [-0.05, 0) is 19.1 Å². The van der Waals surface area contributed by atoms with Crippen LogP contribution >= 0.6 is 0 Å². The van der Waals surface area contributed by atoms with Gasteiger partial charge in [0.15, 0.2) is 5.69 Å². The number of hydrogen-bond acceptors (Lipinski definition) is 4. The van der Waals surface area contributed by atoms with Crippen LogP contribution in [0.4, 0.5) is 11.5 Å². The average Bonchev–Trinajstić information content (AvgIpc) is 2.82. The van der Waals surface area contributed by atoms with Crippen molar-refractivity contribution in [2.45, 2.75) is 13.5 Å². The lowest BCUT2D eigenvalue weighted by Gasteiger charge is -2.03. The molecule has 0 fully saturated rings. The van der Waals surface area contributed by atoms with Crippen molar-refractivity contribution in [1.29, 1.82) is 0 Å². The van der Waals surface area contributed by atoms with Gasteiger partial charge < -0.3 is 15.7 Å². The third kappa shape index (κ3) is 2.85. The van der Waals surface area contributed by atoms with Crippen molar-refractivity contribution in [1.82, 2.24) is 9.78 Å². The average molecular weight is 260 g/mol. The lowest BCUT2D eigenvalue weighted by Crippen LogP contribution is -2.13. The number of carbonyl (C=O) groups is 1. The van der Waals surface area contributed by atoms with Gasteiger partial charge in [0.2, 0.25) is 0 Å². The van der Waals surface area contributed by atoms with Gasteiger partial charge in [0.1, 0.15) is 11.6 Å². The molecule has 0 unspecified atom stereocenters. The van der Waals surface area contributed by atoms with Crippen molar-refractivity contribution in [2.75, 3.05) is 17.7 Å². The molecule has 2 rings (SSSR count). The molecule has 0 radical (unpaired) electrons. The predicted molar refractivity (Wildman–Crippen MR) is 73.5 cm³/mol. The van der Waals surface area contributed by atoms with Gasteiger partial charge in [-0.1, -0.05) is 6.07 Å². The summed E-state index contributed by atoms with van der Waals surface area (Å²) in [6.45, 7) is 2.63. The maximum Gasteiger partial charge on any atom is 0.276 e. The number of phenols is 1. The Hall–Kier alpha value is -2.50. The molecule has 0 aliphatic heterocycles. The maximum absolute atomic E-state index is 12.0. The summed E-state index contributed by atoms with van der Waals surface area (Å²) >= 11 is 0. The Bertz CT molecular complexity index is 571. The van der Waals surface area contributed by atoms with Gasteiger partial charge in [-0.15, -0.1) is 0 Å². The quantitative estimate of drug-likeness (QED) is 0.784. The summed E-state index contributed by atoms with van der Waals surface area (Å²) in [7, 11) is 1.78. The normalized spacial score (nSPS) is 10.2. The smallest absolute Gasteiger partial charge is 0.276 e. The van der Waals surface area contributed by atoms with Gasteiger partial charge in [0.25, 0.3) is 5.91 Å². The van der Waals surface area contributed by atoms with E-state index in [0.717, 1.165) is 5.82 Å². The van der Waals surface area contributed by atoms with Crippen LogP contribution in [0.3, 0.4) is 0 Å². The second kappa shape index (κ2) is 5.43. The number of hydrogen-bond donors (Lipinski definition) is 3. The third-order valence-corrected chi connectivity index (χ3v) is 2.67.